The molecule has 2 aromatic rings. The Morgan fingerprint density at radius 3 is 3.00 bits per heavy atom. The van der Waals surface area contributed by atoms with Gasteiger partial charge in [-0.05, 0) is 35.6 Å². The van der Waals surface area contributed by atoms with Gasteiger partial charge in [-0.3, -0.25) is 0 Å². The molecular formula is C13H15BrN2OS. The van der Waals surface area contributed by atoms with E-state index in [-0.39, 0.29) is 0 Å². The molecule has 0 saturated carbocycles. The molecule has 0 amide bonds. The molecule has 96 valence electrons. The molecule has 0 radical (unpaired) electrons. The third kappa shape index (κ3) is 3.37. The van der Waals surface area contributed by atoms with Crippen molar-refractivity contribution in [2.45, 2.75) is 32.3 Å². The van der Waals surface area contributed by atoms with Crippen molar-refractivity contribution in [1.82, 2.24) is 9.59 Å². The predicted octanol–water partition coefficient (Wildman–Crippen LogP) is 3.53. The van der Waals surface area contributed by atoms with Crippen LogP contribution in [0.1, 0.15) is 35.6 Å². The van der Waals surface area contributed by atoms with E-state index >= 15 is 0 Å². The molecule has 1 aromatic carbocycles. The summed E-state index contributed by atoms with van der Waals surface area (Å²) in [7, 11) is 0. The fourth-order valence-corrected chi connectivity index (χ4v) is 2.99. The molecule has 1 atom stereocenters. The van der Waals surface area contributed by atoms with Gasteiger partial charge in [-0.2, -0.15) is 0 Å². The lowest BCUT2D eigenvalue weighted by molar-refractivity contribution is 0.181. The van der Waals surface area contributed by atoms with Gasteiger partial charge >= 0.3 is 0 Å². The highest BCUT2D eigenvalue weighted by Crippen LogP contribution is 2.25. The number of nitrogens with zero attached hydrogens (tertiary/aromatic N) is 2. The summed E-state index contributed by atoms with van der Waals surface area (Å²) < 4.78 is 4.97. The first-order chi connectivity index (χ1) is 8.70. The summed E-state index contributed by atoms with van der Waals surface area (Å²) in [6.07, 6.45) is 1.98. The Morgan fingerprint density at radius 1 is 1.44 bits per heavy atom. The maximum Gasteiger partial charge on any atom is 0.0957 e. The van der Waals surface area contributed by atoms with E-state index in [2.05, 4.69) is 32.4 Å². The van der Waals surface area contributed by atoms with Crippen LogP contribution in [0.3, 0.4) is 0 Å². The van der Waals surface area contributed by atoms with Crippen LogP contribution in [0.5, 0.6) is 0 Å². The summed E-state index contributed by atoms with van der Waals surface area (Å²) >= 11 is 4.73. The van der Waals surface area contributed by atoms with E-state index in [0.29, 0.717) is 6.42 Å². The van der Waals surface area contributed by atoms with E-state index in [1.165, 1.54) is 11.5 Å². The molecule has 2 rings (SSSR count). The van der Waals surface area contributed by atoms with Crippen LogP contribution < -0.4 is 0 Å². The average molecular weight is 327 g/mol. The number of hydrogen-bond acceptors (Lipinski definition) is 4. The Bertz CT molecular complexity index is 515. The molecule has 0 bridgehead atoms. The third-order valence-electron chi connectivity index (χ3n) is 2.69. The van der Waals surface area contributed by atoms with E-state index in [1.807, 2.05) is 24.3 Å². The molecule has 18 heavy (non-hydrogen) atoms. The zero-order valence-corrected chi connectivity index (χ0v) is 12.5. The highest BCUT2D eigenvalue weighted by Gasteiger charge is 2.16. The maximum absolute atomic E-state index is 10.3. The van der Waals surface area contributed by atoms with Gasteiger partial charge < -0.3 is 5.11 Å². The number of aliphatic hydroxyl groups excluding tert-OH is 1. The smallest absolute Gasteiger partial charge is 0.0957 e. The number of aliphatic hydroxyl groups is 1. The molecule has 0 aliphatic heterocycles. The predicted molar refractivity (Wildman–Crippen MR) is 76.7 cm³/mol. The first kappa shape index (κ1) is 13.6. The van der Waals surface area contributed by atoms with Crippen molar-refractivity contribution in [1.29, 1.82) is 0 Å². The van der Waals surface area contributed by atoms with Crippen LogP contribution >= 0.6 is 27.5 Å². The zero-order chi connectivity index (χ0) is 13.0. The van der Waals surface area contributed by atoms with E-state index < -0.39 is 6.10 Å². The number of hydrogen-bond donors (Lipinski definition) is 1. The Morgan fingerprint density at radius 2 is 2.28 bits per heavy atom. The van der Waals surface area contributed by atoms with Crippen molar-refractivity contribution < 1.29 is 5.11 Å². The van der Waals surface area contributed by atoms with Crippen LogP contribution in [0.25, 0.3) is 0 Å². The maximum atomic E-state index is 10.3. The lowest BCUT2D eigenvalue weighted by Crippen LogP contribution is -2.03. The fraction of sp³-hybridized carbons (Fsp3) is 0.385. The molecule has 0 aliphatic rings. The number of benzene rings is 1. The van der Waals surface area contributed by atoms with Gasteiger partial charge in [0, 0.05) is 10.9 Å². The molecule has 5 heteroatoms. The summed E-state index contributed by atoms with van der Waals surface area (Å²) in [6, 6.07) is 8.00. The Labute approximate surface area is 119 Å². The molecule has 3 nitrogen and oxygen atoms in total. The molecule has 1 aromatic heterocycles. The summed E-state index contributed by atoms with van der Waals surface area (Å²) in [5.41, 5.74) is 2.04. The zero-order valence-electron chi connectivity index (χ0n) is 10.1. The lowest BCUT2D eigenvalue weighted by Gasteiger charge is -2.09. The Kier molecular flexibility index (Phi) is 4.86. The molecule has 0 aliphatic carbocycles. The first-order valence-corrected chi connectivity index (χ1v) is 7.51. The minimum Gasteiger partial charge on any atom is -0.387 e. The topological polar surface area (TPSA) is 46.0 Å². The van der Waals surface area contributed by atoms with Gasteiger partial charge in [-0.25, -0.2) is 0 Å². The van der Waals surface area contributed by atoms with Crippen molar-refractivity contribution in [2.24, 2.45) is 0 Å². The summed E-state index contributed by atoms with van der Waals surface area (Å²) in [5, 5.41) is 14.4. The van der Waals surface area contributed by atoms with Crippen LogP contribution in [-0.2, 0) is 12.8 Å². The second-order valence-corrected chi connectivity index (χ2v) is 5.89. The van der Waals surface area contributed by atoms with Crippen molar-refractivity contribution in [2.75, 3.05) is 0 Å². The van der Waals surface area contributed by atoms with Crippen LogP contribution in [0.15, 0.2) is 28.7 Å². The first-order valence-electron chi connectivity index (χ1n) is 5.94. The monoisotopic (exact) mass is 326 g/mol. The highest BCUT2D eigenvalue weighted by molar-refractivity contribution is 9.10. The Balaban J connectivity index is 2.11. The van der Waals surface area contributed by atoms with Gasteiger partial charge in [0.15, 0.2) is 0 Å². The number of aromatic nitrogens is 2. The minimum atomic E-state index is -0.513. The van der Waals surface area contributed by atoms with Gasteiger partial charge in [0.1, 0.15) is 0 Å². The van der Waals surface area contributed by atoms with Crippen LogP contribution in [0.2, 0.25) is 0 Å². The minimum absolute atomic E-state index is 0.513. The quantitative estimate of drug-likeness (QED) is 0.914. The van der Waals surface area contributed by atoms with Crippen LogP contribution in [-0.4, -0.2) is 14.7 Å². The largest absolute Gasteiger partial charge is 0.387 e. The lowest BCUT2D eigenvalue weighted by atomic mass is 10.1. The summed E-state index contributed by atoms with van der Waals surface area (Å²) in [5.74, 6) is 0. The second-order valence-electron chi connectivity index (χ2n) is 4.18. The van der Waals surface area contributed by atoms with E-state index in [4.69, 9.17) is 0 Å². The van der Waals surface area contributed by atoms with E-state index in [1.54, 1.807) is 0 Å². The molecule has 0 fully saturated rings. The van der Waals surface area contributed by atoms with Gasteiger partial charge in [0.25, 0.3) is 0 Å². The van der Waals surface area contributed by atoms with Gasteiger partial charge in [-0.15, -0.1) is 5.10 Å². The molecule has 0 spiro atoms. The van der Waals surface area contributed by atoms with Gasteiger partial charge in [-0.1, -0.05) is 45.9 Å². The van der Waals surface area contributed by atoms with Crippen molar-refractivity contribution >= 4 is 27.5 Å². The molecule has 0 saturated heterocycles. The molecule has 1 heterocycles. The van der Waals surface area contributed by atoms with E-state index in [9.17, 15) is 5.11 Å². The normalized spacial score (nSPS) is 12.6. The summed E-state index contributed by atoms with van der Waals surface area (Å²) in [6.45, 7) is 2.10. The fourth-order valence-electron chi connectivity index (χ4n) is 1.86. The highest BCUT2D eigenvalue weighted by atomic mass is 79.9. The molecule has 1 unspecified atom stereocenters. The second kappa shape index (κ2) is 6.41. The number of halogens is 1. The van der Waals surface area contributed by atoms with Crippen molar-refractivity contribution in [3.8, 4) is 0 Å². The summed E-state index contributed by atoms with van der Waals surface area (Å²) in [4.78, 5) is 0.900. The Hall–Kier alpha value is -0.780. The van der Waals surface area contributed by atoms with E-state index in [0.717, 1.165) is 33.4 Å². The average Bonchev–Trinajstić information content (AvgIpc) is 2.78. The van der Waals surface area contributed by atoms with Crippen LogP contribution in [0.4, 0.5) is 0 Å². The van der Waals surface area contributed by atoms with Gasteiger partial charge in [0.2, 0.25) is 0 Å². The van der Waals surface area contributed by atoms with Crippen LogP contribution in [0, 0.1) is 0 Å². The standard InChI is InChI=1S/C13H15BrN2OS/c1-2-4-11-13(18-16-15-11)12(17)8-9-5-3-6-10(14)7-9/h3,5-7,12,17H,2,4,8H2,1H3. The molecule has 1 N–H and O–H groups in total. The number of rotatable bonds is 5. The molecular weight excluding hydrogens is 312 g/mol. The van der Waals surface area contributed by atoms with Crippen molar-refractivity contribution in [3.63, 3.8) is 0 Å². The van der Waals surface area contributed by atoms with Crippen molar-refractivity contribution in [3.05, 3.63) is 44.9 Å². The SMILES string of the molecule is CCCc1nnsc1C(O)Cc1cccc(Br)c1. The third-order valence-corrected chi connectivity index (χ3v) is 4.05. The van der Waals surface area contributed by atoms with Gasteiger partial charge in [0.05, 0.1) is 16.7 Å². The number of aryl methyl sites for hydroxylation is 1.